The van der Waals surface area contributed by atoms with E-state index in [1.807, 2.05) is 32.9 Å². The van der Waals surface area contributed by atoms with Gasteiger partial charge in [-0.3, -0.25) is 4.79 Å². The zero-order valence-corrected chi connectivity index (χ0v) is 36.8. The number of aliphatic carboxylic acids is 2. The minimum Gasteiger partial charge on any atom is -0.657 e. The summed E-state index contributed by atoms with van der Waals surface area (Å²) in [7, 11) is 0. The SMILES string of the molecule is C=CC1=C(C)c2cc3[n-]c(cc4nc(cc5[n-]c(cc1n2)c(C)c5CCC(=O)[O-])C(CCC(=O)[O-])=C4C=O)c(C)c3C(O)CCC=C(C)CCC=C(C)CCC=C(C)C.[Fe]. The molecule has 0 spiro atoms. The largest absolute Gasteiger partial charge is 0.657 e. The molecular weight excluding hydrogens is 796 g/mol. The Morgan fingerprint density at radius 1 is 0.717 bits per heavy atom. The standard InChI is InChI=1S/C49H58N4O6.Fe/c1-9-34-31(6)39-25-45-49(46(55)18-12-17-30(5)16-11-15-29(4)14-10-13-28(2)3)33(8)40(52-45)24-44-37(27-54)36(20-22-48(58)59)43(53-44)26-42-35(19-21-47(56)57)32(7)38(51-42)23-41(34)50-39;/h9,13,15,17,23-27,46,55H,1,10-12,14,16,18-22H2,2-8H3,(H4,50,51,52,53,54,56,57,58,59);/p-4. The summed E-state index contributed by atoms with van der Waals surface area (Å²) >= 11 is 0. The maximum atomic E-state index is 12.8. The molecule has 1 unspecified atom stereocenters. The Kier molecular flexibility index (Phi) is 16.8. The molecule has 0 fully saturated rings. The van der Waals surface area contributed by atoms with Gasteiger partial charge in [-0.15, -0.1) is 22.1 Å². The number of aromatic nitrogens is 4. The maximum Gasteiger partial charge on any atom is 0.152 e. The fourth-order valence-corrected chi connectivity index (χ4v) is 7.71. The van der Waals surface area contributed by atoms with E-state index in [9.17, 15) is 29.7 Å². The van der Waals surface area contributed by atoms with Crippen molar-refractivity contribution in [1.29, 1.82) is 0 Å². The third-order valence-corrected chi connectivity index (χ3v) is 11.1. The van der Waals surface area contributed by atoms with Crippen LogP contribution in [0.4, 0.5) is 0 Å². The number of aliphatic hydroxyl groups excluding tert-OH is 1. The summed E-state index contributed by atoms with van der Waals surface area (Å²) in [4.78, 5) is 55.7. The van der Waals surface area contributed by atoms with Gasteiger partial charge in [0.25, 0.3) is 0 Å². The van der Waals surface area contributed by atoms with Crippen LogP contribution in [0.2, 0.25) is 0 Å². The van der Waals surface area contributed by atoms with E-state index in [-0.39, 0.29) is 54.0 Å². The van der Waals surface area contributed by atoms with Gasteiger partial charge in [0.15, 0.2) is 6.29 Å². The van der Waals surface area contributed by atoms with Crippen LogP contribution in [0.5, 0.6) is 0 Å². The second kappa shape index (κ2) is 21.3. The van der Waals surface area contributed by atoms with Crippen LogP contribution in [0.3, 0.4) is 0 Å². The number of rotatable bonds is 18. The van der Waals surface area contributed by atoms with Crippen molar-refractivity contribution in [3.63, 3.8) is 0 Å². The third kappa shape index (κ3) is 11.5. The van der Waals surface area contributed by atoms with Gasteiger partial charge < -0.3 is 34.9 Å². The molecule has 8 bridgehead atoms. The number of hydrogen-bond donors (Lipinski definition) is 1. The van der Waals surface area contributed by atoms with E-state index in [4.69, 9.17) is 19.9 Å². The van der Waals surface area contributed by atoms with Crippen LogP contribution < -0.4 is 20.2 Å². The van der Waals surface area contributed by atoms with Crippen molar-refractivity contribution in [3.8, 4) is 0 Å². The first kappa shape index (κ1) is 47.3. The molecule has 2 aliphatic rings. The Balaban J connectivity index is 0.00000794. The molecule has 60 heavy (non-hydrogen) atoms. The Morgan fingerprint density at radius 2 is 1.25 bits per heavy atom. The van der Waals surface area contributed by atoms with Crippen LogP contribution in [0.15, 0.2) is 71.9 Å². The molecule has 5 rings (SSSR count). The van der Waals surface area contributed by atoms with E-state index in [2.05, 4.69) is 52.5 Å². The second-order valence-electron chi connectivity index (χ2n) is 15.8. The van der Waals surface area contributed by atoms with Crippen LogP contribution in [-0.2, 0) is 37.9 Å². The molecule has 318 valence electrons. The molecule has 0 radical (unpaired) electrons. The smallest absolute Gasteiger partial charge is 0.152 e. The van der Waals surface area contributed by atoms with E-state index in [1.54, 1.807) is 18.2 Å². The number of aryl methyl sites for hydroxylation is 3. The van der Waals surface area contributed by atoms with Crippen molar-refractivity contribution < 1.29 is 46.8 Å². The molecule has 2 aliphatic heterocycles. The fraction of sp³-hybridized carbons (Fsp3) is 0.367. The van der Waals surface area contributed by atoms with E-state index in [0.29, 0.717) is 80.5 Å². The third-order valence-electron chi connectivity index (χ3n) is 11.1. The maximum absolute atomic E-state index is 12.8. The Morgan fingerprint density at radius 3 is 1.87 bits per heavy atom. The molecule has 0 saturated heterocycles. The summed E-state index contributed by atoms with van der Waals surface area (Å²) in [6.45, 7) is 18.3. The quantitative estimate of drug-likeness (QED) is 0.0755. The zero-order valence-electron chi connectivity index (χ0n) is 35.7. The first-order chi connectivity index (χ1) is 28.1. The monoisotopic (exact) mass is 850 g/mol. The zero-order chi connectivity index (χ0) is 43.0. The van der Waals surface area contributed by atoms with Crippen molar-refractivity contribution in [3.05, 3.63) is 117 Å². The van der Waals surface area contributed by atoms with Crippen molar-refractivity contribution in [1.82, 2.24) is 19.9 Å². The number of hydrogen-bond acceptors (Lipinski definition) is 8. The Labute approximate surface area is 363 Å². The predicted molar refractivity (Wildman–Crippen MR) is 231 cm³/mol. The predicted octanol–water partition coefficient (Wildman–Crippen LogP) is 7.86. The van der Waals surface area contributed by atoms with Gasteiger partial charge in [-0.25, -0.2) is 9.97 Å². The number of carbonyl (C=O) groups excluding carboxylic acids is 3. The molecule has 0 saturated carbocycles. The first-order valence-corrected chi connectivity index (χ1v) is 20.3. The number of nitrogens with zero attached hydrogens (tertiary/aromatic N) is 4. The number of aliphatic hydroxyl groups is 1. The van der Waals surface area contributed by atoms with Crippen molar-refractivity contribution in [2.75, 3.05) is 0 Å². The van der Waals surface area contributed by atoms with Gasteiger partial charge in [0.1, 0.15) is 0 Å². The molecule has 0 aliphatic carbocycles. The van der Waals surface area contributed by atoms with Gasteiger partial charge >= 0.3 is 0 Å². The van der Waals surface area contributed by atoms with Crippen LogP contribution in [-0.4, -0.2) is 33.3 Å². The molecule has 11 heteroatoms. The van der Waals surface area contributed by atoms with Gasteiger partial charge in [0.05, 0.1) is 28.9 Å². The number of allylic oxidation sites excluding steroid dienone is 11. The van der Waals surface area contributed by atoms with E-state index in [0.717, 1.165) is 42.4 Å². The minimum absolute atomic E-state index is 0. The second-order valence-corrected chi connectivity index (χ2v) is 15.8. The Bertz CT molecular complexity index is 2490. The number of aldehydes is 1. The molecule has 1 atom stereocenters. The van der Waals surface area contributed by atoms with Crippen LogP contribution in [0.1, 0.15) is 144 Å². The van der Waals surface area contributed by atoms with Gasteiger partial charge in [-0.1, -0.05) is 88.6 Å². The summed E-state index contributed by atoms with van der Waals surface area (Å²) < 4.78 is 0. The molecule has 0 amide bonds. The fourth-order valence-electron chi connectivity index (χ4n) is 7.71. The summed E-state index contributed by atoms with van der Waals surface area (Å²) in [6.07, 6.45) is 12.9. The molecule has 5 heterocycles. The number of carbonyl (C=O) groups is 3. The average Bonchev–Trinajstić information content (AvgIpc) is 3.85. The molecular formula is C49H54FeN4O6-4. The first-order valence-electron chi connectivity index (χ1n) is 20.3. The van der Waals surface area contributed by atoms with Gasteiger partial charge in [0, 0.05) is 40.2 Å². The molecule has 3 aromatic heterocycles. The van der Waals surface area contributed by atoms with Crippen molar-refractivity contribution in [2.24, 2.45) is 0 Å². The van der Waals surface area contributed by atoms with Crippen LogP contribution in [0, 0.1) is 13.8 Å². The van der Waals surface area contributed by atoms with Gasteiger partial charge in [-0.05, 0) is 129 Å². The number of carboxylic acid groups (broad SMARTS) is 2. The van der Waals surface area contributed by atoms with E-state index in [1.165, 1.54) is 16.7 Å². The topological polar surface area (TPSA) is 172 Å². The Hall–Kier alpha value is -5.35. The van der Waals surface area contributed by atoms with Crippen LogP contribution in [0.25, 0.3) is 44.4 Å². The average molecular weight is 851 g/mol. The normalized spacial score (nSPS) is 13.6. The van der Waals surface area contributed by atoms with Crippen LogP contribution >= 0.6 is 0 Å². The molecule has 0 aromatic carbocycles. The van der Waals surface area contributed by atoms with Crippen molar-refractivity contribution in [2.45, 2.75) is 119 Å². The summed E-state index contributed by atoms with van der Waals surface area (Å²) in [5, 5.41) is 35.0. The number of fused-ring (bicyclic) bond motifs is 8. The summed E-state index contributed by atoms with van der Waals surface area (Å²) in [5.41, 5.74) is 12.9. The number of carboxylic acids is 2. The van der Waals surface area contributed by atoms with Gasteiger partial charge in [-0.2, -0.15) is 0 Å². The van der Waals surface area contributed by atoms with Gasteiger partial charge in [0.2, 0.25) is 0 Å². The molecule has 10 nitrogen and oxygen atoms in total. The summed E-state index contributed by atoms with van der Waals surface area (Å²) in [5.74, 6) is -2.49. The van der Waals surface area contributed by atoms with E-state index >= 15 is 0 Å². The van der Waals surface area contributed by atoms with Crippen molar-refractivity contribution >= 4 is 62.6 Å². The molecule has 3 aromatic rings. The minimum atomic E-state index is -1.28. The van der Waals surface area contributed by atoms with E-state index < -0.39 is 18.0 Å². The molecule has 1 N–H and O–H groups in total. The summed E-state index contributed by atoms with van der Waals surface area (Å²) in [6, 6.07) is 7.03.